The first-order valence-electron chi connectivity index (χ1n) is 9.11. The van der Waals surface area contributed by atoms with Crippen molar-refractivity contribution in [1.82, 2.24) is 15.0 Å². The maximum absolute atomic E-state index is 14.1. The number of aromatic amines is 1. The molecule has 30 heavy (non-hydrogen) atoms. The molecule has 3 heterocycles. The first-order chi connectivity index (χ1) is 14.4. The number of anilines is 1. The number of aromatic nitrogens is 3. The van der Waals surface area contributed by atoms with Gasteiger partial charge in [-0.15, -0.1) is 0 Å². The molecule has 2 aromatic heterocycles. The second kappa shape index (κ2) is 6.98. The highest BCUT2D eigenvalue weighted by atomic mass is 35.5. The van der Waals surface area contributed by atoms with Crippen LogP contribution in [0, 0.1) is 23.3 Å². The van der Waals surface area contributed by atoms with Crippen LogP contribution in [-0.2, 0) is 6.42 Å². The van der Waals surface area contributed by atoms with E-state index in [9.17, 15) is 17.6 Å². The lowest BCUT2D eigenvalue weighted by Crippen LogP contribution is -2.37. The molecular formula is C21H13ClF4N4. The van der Waals surface area contributed by atoms with E-state index in [-0.39, 0.29) is 11.0 Å². The summed E-state index contributed by atoms with van der Waals surface area (Å²) in [7, 11) is 0. The van der Waals surface area contributed by atoms with Crippen molar-refractivity contribution in [2.45, 2.75) is 12.5 Å². The van der Waals surface area contributed by atoms with E-state index in [1.165, 1.54) is 12.1 Å². The highest BCUT2D eigenvalue weighted by Crippen LogP contribution is 2.41. The van der Waals surface area contributed by atoms with Gasteiger partial charge in [0.05, 0.1) is 23.5 Å². The molecule has 0 saturated carbocycles. The van der Waals surface area contributed by atoms with Gasteiger partial charge in [-0.2, -0.15) is 0 Å². The van der Waals surface area contributed by atoms with Crippen LogP contribution in [0.1, 0.15) is 22.9 Å². The maximum atomic E-state index is 14.1. The zero-order valence-corrected chi connectivity index (χ0v) is 16.0. The summed E-state index contributed by atoms with van der Waals surface area (Å²) >= 11 is 5.97. The third kappa shape index (κ3) is 2.99. The van der Waals surface area contributed by atoms with Crippen LogP contribution in [0.15, 0.2) is 42.7 Å². The summed E-state index contributed by atoms with van der Waals surface area (Å²) in [5, 5.41) is 0.752. The van der Waals surface area contributed by atoms with Crippen LogP contribution in [0.5, 0.6) is 0 Å². The molecule has 0 aliphatic carbocycles. The molecule has 0 spiro atoms. The Labute approximate surface area is 173 Å². The van der Waals surface area contributed by atoms with E-state index in [1.54, 1.807) is 11.0 Å². The summed E-state index contributed by atoms with van der Waals surface area (Å²) in [6.45, 7) is 0.421. The van der Waals surface area contributed by atoms with Crippen molar-refractivity contribution in [2.24, 2.45) is 0 Å². The molecule has 0 amide bonds. The fraction of sp³-hybridized carbons (Fsp3) is 0.143. The molecule has 4 nitrogen and oxygen atoms in total. The number of nitrogens with zero attached hydrogens (tertiary/aromatic N) is 3. The van der Waals surface area contributed by atoms with Gasteiger partial charge in [0.25, 0.3) is 0 Å². The topological polar surface area (TPSA) is 44.8 Å². The highest BCUT2D eigenvalue weighted by Gasteiger charge is 2.34. The maximum Gasteiger partial charge on any atom is 0.226 e. The largest absolute Gasteiger partial charge is 0.356 e. The third-order valence-electron chi connectivity index (χ3n) is 5.29. The molecule has 5 rings (SSSR count). The van der Waals surface area contributed by atoms with Gasteiger partial charge in [0.15, 0.2) is 17.5 Å². The zero-order valence-electron chi connectivity index (χ0n) is 15.3. The van der Waals surface area contributed by atoms with Gasteiger partial charge in [-0.3, -0.25) is 0 Å². The summed E-state index contributed by atoms with van der Waals surface area (Å²) in [4.78, 5) is 13.1. The van der Waals surface area contributed by atoms with Crippen LogP contribution >= 0.6 is 11.6 Å². The Morgan fingerprint density at radius 2 is 1.73 bits per heavy atom. The van der Waals surface area contributed by atoms with Gasteiger partial charge in [-0.25, -0.2) is 27.5 Å². The Bertz CT molecular complexity index is 1270. The lowest BCUT2D eigenvalue weighted by Gasteiger charge is -2.36. The number of benzene rings is 2. The molecule has 1 aliphatic heterocycles. The predicted molar refractivity (Wildman–Crippen MR) is 105 cm³/mol. The van der Waals surface area contributed by atoms with Crippen molar-refractivity contribution < 1.29 is 17.6 Å². The number of halogens is 5. The molecule has 0 fully saturated rings. The second-order valence-electron chi connectivity index (χ2n) is 7.05. The van der Waals surface area contributed by atoms with Gasteiger partial charge in [0.1, 0.15) is 5.82 Å². The molecule has 9 heteroatoms. The Kier molecular flexibility index (Phi) is 4.39. The highest BCUT2D eigenvalue weighted by molar-refractivity contribution is 6.31. The Hall–Kier alpha value is -3.13. The average molecular weight is 433 g/mol. The minimum atomic E-state index is -0.996. The summed E-state index contributed by atoms with van der Waals surface area (Å²) in [6.07, 6.45) is 2.62. The molecule has 1 N–H and O–H groups in total. The smallest absolute Gasteiger partial charge is 0.226 e. The van der Waals surface area contributed by atoms with Crippen LogP contribution in [0.2, 0.25) is 5.02 Å². The van der Waals surface area contributed by atoms with E-state index in [0.717, 1.165) is 35.5 Å². The zero-order chi connectivity index (χ0) is 21.0. The van der Waals surface area contributed by atoms with Crippen molar-refractivity contribution in [3.05, 3.63) is 87.8 Å². The van der Waals surface area contributed by atoms with E-state index < -0.39 is 29.3 Å². The standard InChI is InChI=1S/C21H13ClF4N4/c22-14-6-13-12-3-4-30(21-27-8-11(23)9-28-21)20(10-1-2-15(24)17(26)5-10)19(12)29-18(13)7-16(14)25/h1-2,5-9,20,29H,3-4H2. The van der Waals surface area contributed by atoms with Gasteiger partial charge in [0.2, 0.25) is 5.95 Å². The normalized spacial score (nSPS) is 16.2. The number of rotatable bonds is 2. The Morgan fingerprint density at radius 1 is 0.967 bits per heavy atom. The number of nitrogens with one attached hydrogen (secondary N) is 1. The van der Waals surface area contributed by atoms with Crippen LogP contribution < -0.4 is 4.90 Å². The van der Waals surface area contributed by atoms with Crippen molar-refractivity contribution >= 4 is 28.5 Å². The average Bonchev–Trinajstić information content (AvgIpc) is 3.08. The molecule has 152 valence electrons. The SMILES string of the molecule is Fc1cnc(N2CCc3c([nH]c4cc(F)c(Cl)cc34)C2c2ccc(F)c(F)c2)nc1. The summed E-state index contributed by atoms with van der Waals surface area (Å²) in [5.74, 6) is -2.88. The molecule has 1 unspecified atom stereocenters. The van der Waals surface area contributed by atoms with Crippen LogP contribution in [0.4, 0.5) is 23.5 Å². The predicted octanol–water partition coefficient (Wildman–Crippen LogP) is 5.32. The quantitative estimate of drug-likeness (QED) is 0.436. The summed E-state index contributed by atoms with van der Waals surface area (Å²) < 4.78 is 55.0. The second-order valence-corrected chi connectivity index (χ2v) is 7.46. The van der Waals surface area contributed by atoms with Gasteiger partial charge in [0, 0.05) is 23.1 Å². The molecule has 0 saturated heterocycles. The monoisotopic (exact) mass is 432 g/mol. The van der Waals surface area contributed by atoms with Gasteiger partial charge < -0.3 is 9.88 Å². The molecule has 2 aromatic carbocycles. The molecule has 1 aliphatic rings. The minimum absolute atomic E-state index is 0.00188. The van der Waals surface area contributed by atoms with E-state index in [2.05, 4.69) is 15.0 Å². The van der Waals surface area contributed by atoms with Crippen molar-refractivity contribution in [2.75, 3.05) is 11.4 Å². The van der Waals surface area contributed by atoms with Crippen LogP contribution in [-0.4, -0.2) is 21.5 Å². The fourth-order valence-corrected chi connectivity index (χ4v) is 4.15. The van der Waals surface area contributed by atoms with Crippen LogP contribution in [0.25, 0.3) is 10.9 Å². The Balaban J connectivity index is 1.73. The molecular weight excluding hydrogens is 420 g/mol. The third-order valence-corrected chi connectivity index (χ3v) is 5.58. The summed E-state index contributed by atoms with van der Waals surface area (Å²) in [5.41, 5.74) is 2.54. The lowest BCUT2D eigenvalue weighted by atomic mass is 9.92. The molecule has 0 bridgehead atoms. The first kappa shape index (κ1) is 18.9. The Morgan fingerprint density at radius 3 is 2.47 bits per heavy atom. The van der Waals surface area contributed by atoms with E-state index in [0.29, 0.717) is 29.7 Å². The van der Waals surface area contributed by atoms with E-state index >= 15 is 0 Å². The fourth-order valence-electron chi connectivity index (χ4n) is 3.98. The van der Waals surface area contributed by atoms with Gasteiger partial charge in [-0.05, 0) is 41.8 Å². The molecule has 1 atom stereocenters. The number of hydrogen-bond donors (Lipinski definition) is 1. The number of fused-ring (bicyclic) bond motifs is 3. The number of H-pyrrole nitrogens is 1. The van der Waals surface area contributed by atoms with E-state index in [4.69, 9.17) is 11.6 Å². The van der Waals surface area contributed by atoms with Gasteiger partial charge >= 0.3 is 0 Å². The van der Waals surface area contributed by atoms with Gasteiger partial charge in [-0.1, -0.05) is 17.7 Å². The lowest BCUT2D eigenvalue weighted by molar-refractivity contribution is 0.504. The molecule has 4 aromatic rings. The first-order valence-corrected chi connectivity index (χ1v) is 9.49. The van der Waals surface area contributed by atoms with Crippen LogP contribution in [0.3, 0.4) is 0 Å². The molecule has 0 radical (unpaired) electrons. The summed E-state index contributed by atoms with van der Waals surface area (Å²) in [6, 6.07) is 5.84. The van der Waals surface area contributed by atoms with E-state index in [1.807, 2.05) is 0 Å². The van der Waals surface area contributed by atoms with Crippen molar-refractivity contribution in [1.29, 1.82) is 0 Å². The number of hydrogen-bond acceptors (Lipinski definition) is 3. The van der Waals surface area contributed by atoms with Crippen molar-refractivity contribution in [3.63, 3.8) is 0 Å². The minimum Gasteiger partial charge on any atom is -0.356 e. The van der Waals surface area contributed by atoms with Crippen molar-refractivity contribution in [3.8, 4) is 0 Å².